The molecule has 0 aliphatic carbocycles. The third-order valence-corrected chi connectivity index (χ3v) is 5.75. The summed E-state index contributed by atoms with van der Waals surface area (Å²) in [6.45, 7) is 9.61. The first-order valence-corrected chi connectivity index (χ1v) is 11.0. The van der Waals surface area contributed by atoms with E-state index in [0.717, 1.165) is 22.0 Å². The SMILES string of the molecule is Cc1nc(Cl)cc(-n2ncc3cc(C)c([C@@H]4CCN(C(=O)OC(C)(C)C)C[C@@H]4F)cc32)n1. The van der Waals surface area contributed by atoms with Gasteiger partial charge in [0.25, 0.3) is 0 Å². The number of aryl methyl sites for hydroxylation is 2. The highest BCUT2D eigenvalue weighted by atomic mass is 35.5. The van der Waals surface area contributed by atoms with Gasteiger partial charge in [0.05, 0.1) is 18.3 Å². The molecule has 2 atom stereocenters. The van der Waals surface area contributed by atoms with E-state index in [9.17, 15) is 4.79 Å². The molecule has 0 N–H and O–H groups in total. The van der Waals surface area contributed by atoms with Crippen LogP contribution >= 0.6 is 11.6 Å². The topological polar surface area (TPSA) is 73.1 Å². The molecule has 0 saturated carbocycles. The number of carbonyl (C=O) groups is 1. The van der Waals surface area contributed by atoms with Crippen LogP contribution < -0.4 is 0 Å². The van der Waals surface area contributed by atoms with Crippen molar-refractivity contribution in [3.8, 4) is 5.82 Å². The van der Waals surface area contributed by atoms with Gasteiger partial charge in [0.15, 0.2) is 5.82 Å². The smallest absolute Gasteiger partial charge is 0.410 e. The quantitative estimate of drug-likeness (QED) is 0.495. The first kappa shape index (κ1) is 22.5. The Labute approximate surface area is 191 Å². The van der Waals surface area contributed by atoms with Crippen molar-refractivity contribution in [1.29, 1.82) is 0 Å². The van der Waals surface area contributed by atoms with E-state index in [-0.39, 0.29) is 12.5 Å². The van der Waals surface area contributed by atoms with E-state index < -0.39 is 17.9 Å². The van der Waals surface area contributed by atoms with Crippen LogP contribution in [0.1, 0.15) is 50.1 Å². The average Bonchev–Trinajstić information content (AvgIpc) is 3.08. The van der Waals surface area contributed by atoms with E-state index >= 15 is 4.39 Å². The summed E-state index contributed by atoms with van der Waals surface area (Å²) in [5.41, 5.74) is 2.11. The Bertz CT molecular complexity index is 1150. The van der Waals surface area contributed by atoms with Crippen LogP contribution in [0.3, 0.4) is 0 Å². The lowest BCUT2D eigenvalue weighted by molar-refractivity contribution is 0.0111. The van der Waals surface area contributed by atoms with Crippen molar-refractivity contribution in [1.82, 2.24) is 24.6 Å². The van der Waals surface area contributed by atoms with E-state index in [4.69, 9.17) is 16.3 Å². The van der Waals surface area contributed by atoms with Crippen LogP contribution in [0.4, 0.5) is 9.18 Å². The molecule has 0 unspecified atom stereocenters. The summed E-state index contributed by atoms with van der Waals surface area (Å²) in [4.78, 5) is 22.4. The fraction of sp³-hybridized carbons (Fsp3) is 0.478. The molecule has 7 nitrogen and oxygen atoms in total. The molecular formula is C23H27ClFN5O2. The van der Waals surface area contributed by atoms with E-state index in [0.29, 0.717) is 29.8 Å². The van der Waals surface area contributed by atoms with E-state index in [1.54, 1.807) is 44.6 Å². The summed E-state index contributed by atoms with van der Waals surface area (Å²) in [6.07, 6.45) is 0.605. The molecular weight excluding hydrogens is 433 g/mol. The molecule has 1 fully saturated rings. The van der Waals surface area contributed by atoms with Crippen molar-refractivity contribution in [3.63, 3.8) is 0 Å². The standard InChI is InChI=1S/C23H27ClFN5O2/c1-13-8-15-11-26-30(21-10-20(24)27-14(2)28-21)19(15)9-17(13)16-6-7-29(12-18(16)25)22(31)32-23(3,4)5/h8-11,16,18H,6-7,12H2,1-5H3/t16-,18-/m0/s1. The lowest BCUT2D eigenvalue weighted by Gasteiger charge is -2.36. The number of benzene rings is 1. The number of carbonyl (C=O) groups excluding carboxylic acids is 1. The van der Waals surface area contributed by atoms with Crippen molar-refractivity contribution >= 4 is 28.6 Å². The largest absolute Gasteiger partial charge is 0.444 e. The van der Waals surface area contributed by atoms with Crippen LogP contribution in [-0.4, -0.2) is 55.6 Å². The fourth-order valence-electron chi connectivity index (χ4n) is 4.16. The number of ether oxygens (including phenoxy) is 1. The monoisotopic (exact) mass is 459 g/mol. The highest BCUT2D eigenvalue weighted by Crippen LogP contribution is 2.35. The number of hydrogen-bond donors (Lipinski definition) is 0. The summed E-state index contributed by atoms with van der Waals surface area (Å²) in [6, 6.07) is 5.64. The third-order valence-electron chi connectivity index (χ3n) is 5.56. The second-order valence-electron chi connectivity index (χ2n) is 9.26. The van der Waals surface area contributed by atoms with Gasteiger partial charge < -0.3 is 9.64 Å². The molecule has 1 aliphatic heterocycles. The van der Waals surface area contributed by atoms with Gasteiger partial charge in [-0.1, -0.05) is 11.6 Å². The van der Waals surface area contributed by atoms with Crippen LogP contribution in [-0.2, 0) is 4.74 Å². The van der Waals surface area contributed by atoms with Gasteiger partial charge in [0.1, 0.15) is 22.8 Å². The zero-order valence-electron chi connectivity index (χ0n) is 18.9. The molecule has 0 bridgehead atoms. The molecule has 1 amide bonds. The molecule has 1 aliphatic rings. The zero-order valence-corrected chi connectivity index (χ0v) is 19.6. The third kappa shape index (κ3) is 4.55. The second-order valence-corrected chi connectivity index (χ2v) is 9.64. The highest BCUT2D eigenvalue weighted by molar-refractivity contribution is 6.29. The maximum absolute atomic E-state index is 15.3. The zero-order chi connectivity index (χ0) is 23.2. The van der Waals surface area contributed by atoms with Crippen LogP contribution in [0, 0.1) is 13.8 Å². The first-order valence-electron chi connectivity index (χ1n) is 10.6. The summed E-state index contributed by atoms with van der Waals surface area (Å²) in [7, 11) is 0. The molecule has 32 heavy (non-hydrogen) atoms. The molecule has 1 aromatic carbocycles. The predicted molar refractivity (Wildman–Crippen MR) is 121 cm³/mol. The van der Waals surface area contributed by atoms with Crippen LogP contribution in [0.25, 0.3) is 16.7 Å². The molecule has 0 radical (unpaired) electrons. The van der Waals surface area contributed by atoms with Gasteiger partial charge in [-0.2, -0.15) is 5.10 Å². The lowest BCUT2D eigenvalue weighted by atomic mass is 9.85. The van der Waals surface area contributed by atoms with E-state index in [1.165, 1.54) is 4.90 Å². The number of rotatable bonds is 2. The van der Waals surface area contributed by atoms with Crippen molar-refractivity contribution in [2.24, 2.45) is 0 Å². The number of fused-ring (bicyclic) bond motifs is 1. The number of aromatic nitrogens is 4. The van der Waals surface area contributed by atoms with Gasteiger partial charge in [-0.05, 0) is 64.3 Å². The summed E-state index contributed by atoms with van der Waals surface area (Å²) in [5, 5.41) is 5.73. The van der Waals surface area contributed by atoms with Gasteiger partial charge in [0.2, 0.25) is 0 Å². The number of hydrogen-bond acceptors (Lipinski definition) is 5. The number of amides is 1. The molecule has 170 valence electrons. The summed E-state index contributed by atoms with van der Waals surface area (Å²) < 4.78 is 22.4. The Morgan fingerprint density at radius 1 is 1.22 bits per heavy atom. The van der Waals surface area contributed by atoms with Crippen LogP contribution in [0.2, 0.25) is 5.15 Å². The van der Waals surface area contributed by atoms with Crippen LogP contribution in [0.15, 0.2) is 24.4 Å². The molecule has 0 spiro atoms. The van der Waals surface area contributed by atoms with Crippen molar-refractivity contribution < 1.29 is 13.9 Å². The summed E-state index contributed by atoms with van der Waals surface area (Å²) >= 11 is 6.11. The minimum atomic E-state index is -1.19. The van der Waals surface area contributed by atoms with Crippen LogP contribution in [0.5, 0.6) is 0 Å². The van der Waals surface area contributed by atoms with Gasteiger partial charge >= 0.3 is 6.09 Å². The Morgan fingerprint density at radius 2 is 1.97 bits per heavy atom. The molecule has 3 aromatic rings. The molecule has 2 aromatic heterocycles. The van der Waals surface area contributed by atoms with Gasteiger partial charge in [-0.3, -0.25) is 0 Å². The first-order chi connectivity index (χ1) is 15.0. The fourth-order valence-corrected chi connectivity index (χ4v) is 4.38. The lowest BCUT2D eigenvalue weighted by Crippen LogP contribution is -2.46. The Hall–Kier alpha value is -2.74. The second kappa shape index (κ2) is 8.31. The molecule has 4 rings (SSSR count). The summed E-state index contributed by atoms with van der Waals surface area (Å²) in [5.74, 6) is 0.780. The minimum absolute atomic E-state index is 0.0109. The maximum Gasteiger partial charge on any atom is 0.410 e. The number of halogens is 2. The predicted octanol–water partition coefficient (Wildman–Crippen LogP) is 5.15. The minimum Gasteiger partial charge on any atom is -0.444 e. The van der Waals surface area contributed by atoms with Crippen molar-refractivity contribution in [3.05, 3.63) is 46.5 Å². The van der Waals surface area contributed by atoms with E-state index in [2.05, 4.69) is 15.1 Å². The molecule has 1 saturated heterocycles. The number of alkyl halides is 1. The van der Waals surface area contributed by atoms with Gasteiger partial charge in [-0.15, -0.1) is 0 Å². The molecule has 9 heteroatoms. The molecule has 3 heterocycles. The average molecular weight is 460 g/mol. The maximum atomic E-state index is 15.3. The van der Waals surface area contributed by atoms with Crippen molar-refractivity contribution in [2.75, 3.05) is 13.1 Å². The van der Waals surface area contributed by atoms with E-state index in [1.807, 2.05) is 19.1 Å². The van der Waals surface area contributed by atoms with Gasteiger partial charge in [-0.25, -0.2) is 23.8 Å². The number of likely N-dealkylation sites (tertiary alicyclic amines) is 1. The highest BCUT2D eigenvalue weighted by Gasteiger charge is 2.35. The van der Waals surface area contributed by atoms with Crippen molar-refractivity contribution in [2.45, 2.75) is 58.7 Å². The van der Waals surface area contributed by atoms with Gasteiger partial charge in [0, 0.05) is 23.9 Å². The Balaban J connectivity index is 1.64. The Morgan fingerprint density at radius 3 is 2.62 bits per heavy atom. The number of piperidine rings is 1. The number of nitrogens with zero attached hydrogens (tertiary/aromatic N) is 5. The Kier molecular flexibility index (Phi) is 5.83. The normalized spacial score (nSPS) is 19.4.